The molecule has 154 valence electrons. The minimum absolute atomic E-state index is 0.136. The number of hydroxylamine groups is 1. The standard InChI is InChI=1S/C19H37NO6/c1-4-16(22)18(24)19(15(2)21)26-20-14-12-10-8-6-5-7-9-11-13-17(23)25-3/h16,18-22,24H,2,4-14H2,1,3H3. The Morgan fingerprint density at radius 1 is 1.04 bits per heavy atom. The average molecular weight is 376 g/mol. The van der Waals surface area contributed by atoms with Gasteiger partial charge < -0.3 is 20.1 Å². The number of carbonyl (C=O) groups excluding carboxylic acids is 1. The van der Waals surface area contributed by atoms with E-state index in [-0.39, 0.29) is 11.7 Å². The number of aliphatic hydroxyl groups excluding tert-OH is 3. The molecule has 0 saturated heterocycles. The molecule has 0 rings (SSSR count). The number of esters is 1. The summed E-state index contributed by atoms with van der Waals surface area (Å²) in [6.45, 7) is 5.70. The first-order valence-electron chi connectivity index (χ1n) is 9.63. The van der Waals surface area contributed by atoms with Crippen molar-refractivity contribution in [1.29, 1.82) is 0 Å². The van der Waals surface area contributed by atoms with Crippen molar-refractivity contribution < 1.29 is 29.7 Å². The van der Waals surface area contributed by atoms with Gasteiger partial charge in [0, 0.05) is 13.0 Å². The molecule has 7 heteroatoms. The van der Waals surface area contributed by atoms with Gasteiger partial charge in [-0.3, -0.25) is 9.63 Å². The third kappa shape index (κ3) is 12.2. The van der Waals surface area contributed by atoms with Gasteiger partial charge in [0.05, 0.1) is 13.2 Å². The Morgan fingerprint density at radius 3 is 2.08 bits per heavy atom. The molecule has 0 bridgehead atoms. The molecule has 7 nitrogen and oxygen atoms in total. The van der Waals surface area contributed by atoms with Crippen molar-refractivity contribution in [2.45, 2.75) is 89.4 Å². The van der Waals surface area contributed by atoms with Crippen LogP contribution in [-0.4, -0.2) is 53.3 Å². The van der Waals surface area contributed by atoms with Crippen molar-refractivity contribution in [3.05, 3.63) is 12.3 Å². The summed E-state index contributed by atoms with van der Waals surface area (Å²) in [5, 5.41) is 29.0. The molecule has 3 atom stereocenters. The van der Waals surface area contributed by atoms with E-state index in [1.54, 1.807) is 6.92 Å². The summed E-state index contributed by atoms with van der Waals surface area (Å²) in [5.41, 5.74) is 2.73. The number of methoxy groups -OCH3 is 1. The molecule has 0 aliphatic rings. The summed E-state index contributed by atoms with van der Waals surface area (Å²) >= 11 is 0. The normalized spacial score (nSPS) is 14.6. The minimum Gasteiger partial charge on any atom is -0.510 e. The topological polar surface area (TPSA) is 108 Å². The molecular formula is C19H37NO6. The second-order valence-electron chi connectivity index (χ2n) is 6.54. The summed E-state index contributed by atoms with van der Waals surface area (Å²) < 4.78 is 4.60. The maximum absolute atomic E-state index is 11.0. The van der Waals surface area contributed by atoms with Crippen molar-refractivity contribution in [3.63, 3.8) is 0 Å². The zero-order valence-electron chi connectivity index (χ0n) is 16.3. The first kappa shape index (κ1) is 24.8. The lowest BCUT2D eigenvalue weighted by molar-refractivity contribution is -0.140. The molecule has 0 aromatic heterocycles. The molecule has 0 aromatic carbocycles. The lowest BCUT2D eigenvalue weighted by atomic mass is 10.1. The molecule has 0 aliphatic carbocycles. The number of hydrogen-bond donors (Lipinski definition) is 4. The van der Waals surface area contributed by atoms with Crippen LogP contribution in [0.4, 0.5) is 0 Å². The predicted molar refractivity (Wildman–Crippen MR) is 101 cm³/mol. The number of carbonyl (C=O) groups is 1. The zero-order chi connectivity index (χ0) is 19.8. The quantitative estimate of drug-likeness (QED) is 0.134. The van der Waals surface area contributed by atoms with Crippen LogP contribution in [-0.2, 0) is 14.4 Å². The number of unbranched alkanes of at least 4 members (excludes halogenated alkanes) is 7. The van der Waals surface area contributed by atoms with Crippen LogP contribution in [0.1, 0.15) is 71.1 Å². The van der Waals surface area contributed by atoms with Gasteiger partial charge in [-0.25, -0.2) is 5.48 Å². The second-order valence-corrected chi connectivity index (χ2v) is 6.54. The van der Waals surface area contributed by atoms with E-state index in [1.807, 2.05) is 0 Å². The van der Waals surface area contributed by atoms with Crippen LogP contribution in [0.3, 0.4) is 0 Å². The van der Waals surface area contributed by atoms with E-state index in [1.165, 1.54) is 13.5 Å². The summed E-state index contributed by atoms with van der Waals surface area (Å²) in [7, 11) is 1.42. The molecule has 0 fully saturated rings. The van der Waals surface area contributed by atoms with Gasteiger partial charge in [-0.1, -0.05) is 52.0 Å². The monoisotopic (exact) mass is 375 g/mol. The van der Waals surface area contributed by atoms with Crippen molar-refractivity contribution in [2.24, 2.45) is 0 Å². The summed E-state index contributed by atoms with van der Waals surface area (Å²) in [4.78, 5) is 16.2. The fourth-order valence-electron chi connectivity index (χ4n) is 2.56. The molecule has 3 unspecified atom stereocenters. The van der Waals surface area contributed by atoms with Crippen molar-refractivity contribution >= 4 is 5.97 Å². The Morgan fingerprint density at radius 2 is 1.58 bits per heavy atom. The van der Waals surface area contributed by atoms with Crippen molar-refractivity contribution in [2.75, 3.05) is 13.7 Å². The van der Waals surface area contributed by atoms with Gasteiger partial charge in [-0.15, -0.1) is 0 Å². The lowest BCUT2D eigenvalue weighted by Crippen LogP contribution is -2.42. The Labute approximate surface area is 157 Å². The van der Waals surface area contributed by atoms with Gasteiger partial charge in [0.2, 0.25) is 0 Å². The van der Waals surface area contributed by atoms with Crippen molar-refractivity contribution in [1.82, 2.24) is 5.48 Å². The van der Waals surface area contributed by atoms with Crippen LogP contribution >= 0.6 is 0 Å². The van der Waals surface area contributed by atoms with E-state index in [4.69, 9.17) is 4.84 Å². The largest absolute Gasteiger partial charge is 0.510 e. The fourth-order valence-corrected chi connectivity index (χ4v) is 2.56. The first-order chi connectivity index (χ1) is 12.4. The van der Waals surface area contributed by atoms with E-state index in [2.05, 4.69) is 16.8 Å². The van der Waals surface area contributed by atoms with E-state index < -0.39 is 18.3 Å². The maximum atomic E-state index is 11.0. The summed E-state index contributed by atoms with van der Waals surface area (Å²) in [5.74, 6) is -0.451. The van der Waals surface area contributed by atoms with Crippen LogP contribution in [0, 0.1) is 0 Å². The summed E-state index contributed by atoms with van der Waals surface area (Å²) in [6.07, 6.45) is 6.15. The highest BCUT2D eigenvalue weighted by molar-refractivity contribution is 5.68. The Bertz CT molecular complexity index is 377. The van der Waals surface area contributed by atoms with E-state index in [9.17, 15) is 20.1 Å². The average Bonchev–Trinajstić information content (AvgIpc) is 2.63. The van der Waals surface area contributed by atoms with Gasteiger partial charge in [0.15, 0.2) is 6.10 Å². The molecule has 0 radical (unpaired) electrons. The Kier molecular flexibility index (Phi) is 15.3. The van der Waals surface area contributed by atoms with Gasteiger partial charge in [-0.05, 0) is 19.3 Å². The second kappa shape index (κ2) is 16.1. The fraction of sp³-hybridized carbons (Fsp3) is 0.842. The van der Waals surface area contributed by atoms with Crippen molar-refractivity contribution in [3.8, 4) is 0 Å². The summed E-state index contributed by atoms with van der Waals surface area (Å²) in [6, 6.07) is 0. The highest BCUT2D eigenvalue weighted by atomic mass is 16.7. The Balaban J connectivity index is 3.57. The highest BCUT2D eigenvalue weighted by Gasteiger charge is 2.28. The molecule has 0 spiro atoms. The molecule has 4 N–H and O–H groups in total. The number of rotatable bonds is 17. The number of hydrogen-bond acceptors (Lipinski definition) is 7. The maximum Gasteiger partial charge on any atom is 0.305 e. The highest BCUT2D eigenvalue weighted by Crippen LogP contribution is 2.12. The van der Waals surface area contributed by atoms with Crippen LogP contribution in [0.2, 0.25) is 0 Å². The predicted octanol–water partition coefficient (Wildman–Crippen LogP) is 2.76. The zero-order valence-corrected chi connectivity index (χ0v) is 16.3. The van der Waals surface area contributed by atoms with Crippen LogP contribution in [0.5, 0.6) is 0 Å². The van der Waals surface area contributed by atoms with Gasteiger partial charge in [0.1, 0.15) is 11.9 Å². The molecule has 0 aliphatic heterocycles. The molecule has 0 heterocycles. The number of ether oxygens (including phenoxy) is 1. The number of nitrogens with one attached hydrogen (secondary N) is 1. The molecule has 0 amide bonds. The van der Waals surface area contributed by atoms with Crippen LogP contribution < -0.4 is 5.48 Å². The van der Waals surface area contributed by atoms with Crippen LogP contribution in [0.15, 0.2) is 12.3 Å². The van der Waals surface area contributed by atoms with Gasteiger partial charge in [-0.2, -0.15) is 0 Å². The van der Waals surface area contributed by atoms with Gasteiger partial charge in [0.25, 0.3) is 0 Å². The minimum atomic E-state index is -1.22. The first-order valence-corrected chi connectivity index (χ1v) is 9.63. The smallest absolute Gasteiger partial charge is 0.305 e. The van der Waals surface area contributed by atoms with Crippen LogP contribution in [0.25, 0.3) is 0 Å². The van der Waals surface area contributed by atoms with E-state index >= 15 is 0 Å². The van der Waals surface area contributed by atoms with E-state index in [0.717, 1.165) is 44.9 Å². The number of aliphatic hydroxyl groups is 3. The molecule has 26 heavy (non-hydrogen) atoms. The third-order valence-corrected chi connectivity index (χ3v) is 4.30. The Hall–Kier alpha value is -1.15. The lowest BCUT2D eigenvalue weighted by Gasteiger charge is -2.25. The molecular weight excluding hydrogens is 338 g/mol. The SMILES string of the molecule is C=C(O)C(ONCCCCCCCCCCC(=O)OC)C(O)C(O)CC. The van der Waals surface area contributed by atoms with E-state index in [0.29, 0.717) is 19.4 Å². The third-order valence-electron chi connectivity index (χ3n) is 4.30. The molecule has 0 aromatic rings. The molecule has 0 saturated carbocycles. The van der Waals surface area contributed by atoms with Gasteiger partial charge >= 0.3 is 5.97 Å².